The van der Waals surface area contributed by atoms with Crippen LogP contribution >= 0.6 is 34.5 Å². The molecule has 140 valence electrons. The number of benzene rings is 1. The van der Waals surface area contributed by atoms with Crippen molar-refractivity contribution in [1.82, 2.24) is 15.2 Å². The molecule has 0 spiro atoms. The van der Waals surface area contributed by atoms with E-state index in [1.165, 1.54) is 11.3 Å². The molecule has 5 nitrogen and oxygen atoms in total. The van der Waals surface area contributed by atoms with Gasteiger partial charge in [0.05, 0.1) is 16.6 Å². The van der Waals surface area contributed by atoms with E-state index in [1.54, 1.807) is 28.5 Å². The summed E-state index contributed by atoms with van der Waals surface area (Å²) in [5, 5.41) is 5.94. The molecule has 1 aromatic carbocycles. The number of rotatable bonds is 6. The van der Waals surface area contributed by atoms with Crippen LogP contribution < -0.4 is 5.32 Å². The topological polar surface area (TPSA) is 62.3 Å². The van der Waals surface area contributed by atoms with Crippen molar-refractivity contribution in [3.63, 3.8) is 0 Å². The minimum absolute atomic E-state index is 0.0380. The number of nitrogens with one attached hydrogen (secondary N) is 1. The molecule has 0 fully saturated rings. The number of amides is 2. The highest BCUT2D eigenvalue weighted by atomic mass is 35.5. The van der Waals surface area contributed by atoms with Crippen molar-refractivity contribution in [2.45, 2.75) is 46.3 Å². The van der Waals surface area contributed by atoms with Gasteiger partial charge in [0, 0.05) is 23.0 Å². The Morgan fingerprint density at radius 1 is 1.19 bits per heavy atom. The van der Waals surface area contributed by atoms with Crippen LogP contribution in [0.4, 0.5) is 0 Å². The quantitative estimate of drug-likeness (QED) is 0.749. The summed E-state index contributed by atoms with van der Waals surface area (Å²) in [5.41, 5.74) is 0.826. The van der Waals surface area contributed by atoms with Crippen LogP contribution in [0.25, 0.3) is 0 Å². The second-order valence-corrected chi connectivity index (χ2v) is 8.17. The third-order valence-electron chi connectivity index (χ3n) is 3.56. The van der Waals surface area contributed by atoms with Gasteiger partial charge in [0.25, 0.3) is 11.8 Å². The summed E-state index contributed by atoms with van der Waals surface area (Å²) in [6, 6.07) is 4.80. The molecule has 0 bridgehead atoms. The first-order valence-corrected chi connectivity index (χ1v) is 9.84. The average molecular weight is 414 g/mol. The third kappa shape index (κ3) is 5.19. The minimum atomic E-state index is -0.214. The summed E-state index contributed by atoms with van der Waals surface area (Å²) < 4.78 is 0. The highest BCUT2D eigenvalue weighted by Gasteiger charge is 2.22. The third-order valence-corrected chi connectivity index (χ3v) is 5.13. The zero-order chi connectivity index (χ0) is 19.4. The van der Waals surface area contributed by atoms with Gasteiger partial charge in [-0.15, -0.1) is 11.3 Å². The number of thiazole rings is 1. The molecule has 0 aliphatic carbocycles. The molecule has 0 saturated carbocycles. The molecule has 0 saturated heterocycles. The molecule has 2 rings (SSSR count). The Morgan fingerprint density at radius 2 is 1.88 bits per heavy atom. The van der Waals surface area contributed by atoms with Crippen molar-refractivity contribution in [3.8, 4) is 0 Å². The molecule has 0 atom stereocenters. The van der Waals surface area contributed by atoms with E-state index in [0.29, 0.717) is 32.9 Å². The SMILES string of the molecule is CC(C)NC(=O)c1csc(CN(C(=O)c2ccc(Cl)c(Cl)c2)C(C)C)n1. The van der Waals surface area contributed by atoms with Crippen molar-refractivity contribution in [2.24, 2.45) is 0 Å². The van der Waals surface area contributed by atoms with Crippen molar-refractivity contribution >= 4 is 46.4 Å². The molecule has 8 heteroatoms. The molecule has 0 aliphatic heterocycles. The van der Waals surface area contributed by atoms with Crippen molar-refractivity contribution < 1.29 is 9.59 Å². The van der Waals surface area contributed by atoms with E-state index in [0.717, 1.165) is 0 Å². The largest absolute Gasteiger partial charge is 0.349 e. The maximum atomic E-state index is 12.9. The van der Waals surface area contributed by atoms with E-state index >= 15 is 0 Å². The van der Waals surface area contributed by atoms with Crippen molar-refractivity contribution in [1.29, 1.82) is 0 Å². The number of halogens is 2. The summed E-state index contributed by atoms with van der Waals surface area (Å²) in [6.07, 6.45) is 0. The minimum Gasteiger partial charge on any atom is -0.349 e. The van der Waals surface area contributed by atoms with E-state index in [2.05, 4.69) is 10.3 Å². The Morgan fingerprint density at radius 3 is 2.46 bits per heavy atom. The average Bonchev–Trinajstić information content (AvgIpc) is 3.02. The molecule has 0 unspecified atom stereocenters. The molecular formula is C18H21Cl2N3O2S. The second-order valence-electron chi connectivity index (χ2n) is 6.41. The lowest BCUT2D eigenvalue weighted by atomic mass is 10.1. The van der Waals surface area contributed by atoms with Crippen LogP contribution in [0.2, 0.25) is 10.0 Å². The first kappa shape index (κ1) is 20.7. The van der Waals surface area contributed by atoms with Gasteiger partial charge in [-0.1, -0.05) is 23.2 Å². The predicted octanol–water partition coefficient (Wildman–Crippen LogP) is 4.64. The van der Waals surface area contributed by atoms with E-state index in [1.807, 2.05) is 27.7 Å². The predicted molar refractivity (Wildman–Crippen MR) is 106 cm³/mol. The number of carbonyl (C=O) groups excluding carboxylic acids is 2. The normalized spacial score (nSPS) is 11.1. The summed E-state index contributed by atoms with van der Waals surface area (Å²) in [4.78, 5) is 30.9. The lowest BCUT2D eigenvalue weighted by Gasteiger charge is -2.26. The van der Waals surface area contributed by atoms with Crippen molar-refractivity contribution in [3.05, 3.63) is 49.9 Å². The lowest BCUT2D eigenvalue weighted by molar-refractivity contribution is 0.0690. The summed E-state index contributed by atoms with van der Waals surface area (Å²) in [6.45, 7) is 7.95. The molecular weight excluding hydrogens is 393 g/mol. The maximum Gasteiger partial charge on any atom is 0.270 e. The van der Waals surface area contributed by atoms with E-state index in [4.69, 9.17) is 23.2 Å². The fourth-order valence-electron chi connectivity index (χ4n) is 2.25. The lowest BCUT2D eigenvalue weighted by Crippen LogP contribution is -2.36. The van der Waals surface area contributed by atoms with E-state index in [-0.39, 0.29) is 23.9 Å². The van der Waals surface area contributed by atoms with Crippen LogP contribution in [0, 0.1) is 0 Å². The first-order chi connectivity index (χ1) is 12.2. The highest BCUT2D eigenvalue weighted by molar-refractivity contribution is 7.09. The smallest absolute Gasteiger partial charge is 0.270 e. The zero-order valence-corrected chi connectivity index (χ0v) is 17.4. The van der Waals surface area contributed by atoms with Crippen LogP contribution in [0.3, 0.4) is 0 Å². The Hall–Kier alpha value is -1.63. The summed E-state index contributed by atoms with van der Waals surface area (Å²) in [5.74, 6) is -0.378. The standard InChI is InChI=1S/C18H21Cl2N3O2S/c1-10(2)21-17(24)15-9-26-16(22-15)8-23(11(3)4)18(25)12-5-6-13(19)14(20)7-12/h5-7,9-11H,8H2,1-4H3,(H,21,24). The highest BCUT2D eigenvalue weighted by Crippen LogP contribution is 2.24. The second kappa shape index (κ2) is 8.84. The Balaban J connectivity index is 2.18. The molecule has 1 N–H and O–H groups in total. The van der Waals surface area contributed by atoms with Gasteiger partial charge in [0.15, 0.2) is 0 Å². The molecule has 2 amide bonds. The number of nitrogens with zero attached hydrogens (tertiary/aromatic N) is 2. The van der Waals surface area contributed by atoms with Crippen molar-refractivity contribution in [2.75, 3.05) is 0 Å². The number of aromatic nitrogens is 1. The zero-order valence-electron chi connectivity index (χ0n) is 15.0. The van der Waals surface area contributed by atoms with E-state index < -0.39 is 0 Å². The van der Waals surface area contributed by atoms with Crippen LogP contribution in [0.5, 0.6) is 0 Å². The van der Waals surface area contributed by atoms with Gasteiger partial charge in [-0.25, -0.2) is 4.98 Å². The summed E-state index contributed by atoms with van der Waals surface area (Å²) in [7, 11) is 0. The van der Waals surface area contributed by atoms with Gasteiger partial charge in [0.2, 0.25) is 0 Å². The Labute approximate surface area is 167 Å². The van der Waals surface area contributed by atoms with E-state index in [9.17, 15) is 9.59 Å². The molecule has 0 radical (unpaired) electrons. The molecule has 0 aliphatic rings. The molecule has 1 aromatic heterocycles. The van der Waals surface area contributed by atoms with Gasteiger partial charge < -0.3 is 10.2 Å². The Bertz CT molecular complexity index is 805. The first-order valence-electron chi connectivity index (χ1n) is 8.20. The number of carbonyl (C=O) groups is 2. The van der Waals surface area contributed by atoms with Gasteiger partial charge in [-0.05, 0) is 45.9 Å². The van der Waals surface area contributed by atoms with Crippen LogP contribution in [0.15, 0.2) is 23.6 Å². The number of hydrogen-bond donors (Lipinski definition) is 1. The van der Waals surface area contributed by atoms with Gasteiger partial charge in [0.1, 0.15) is 10.7 Å². The van der Waals surface area contributed by atoms with Crippen LogP contribution in [-0.2, 0) is 6.54 Å². The van der Waals surface area contributed by atoms with Gasteiger partial charge in [-0.3, -0.25) is 9.59 Å². The number of hydrogen-bond acceptors (Lipinski definition) is 4. The fourth-order valence-corrected chi connectivity index (χ4v) is 3.32. The maximum absolute atomic E-state index is 12.9. The van der Waals surface area contributed by atoms with Crippen LogP contribution in [-0.4, -0.2) is 33.8 Å². The van der Waals surface area contributed by atoms with Crippen LogP contribution in [0.1, 0.15) is 53.5 Å². The molecule has 2 aromatic rings. The Kier molecular flexibility index (Phi) is 7.03. The van der Waals surface area contributed by atoms with Gasteiger partial charge in [-0.2, -0.15) is 0 Å². The summed E-state index contributed by atoms with van der Waals surface area (Å²) >= 11 is 13.3. The molecule has 26 heavy (non-hydrogen) atoms. The molecule has 1 heterocycles. The van der Waals surface area contributed by atoms with Gasteiger partial charge >= 0.3 is 0 Å². The monoisotopic (exact) mass is 413 g/mol. The fraction of sp³-hybridized carbons (Fsp3) is 0.389.